The number of benzene rings is 1. The van der Waals surface area contributed by atoms with E-state index in [-0.39, 0.29) is 18.1 Å². The van der Waals surface area contributed by atoms with Crippen molar-refractivity contribution in [1.82, 2.24) is 4.90 Å². The normalized spacial score (nSPS) is 23.2. The lowest BCUT2D eigenvalue weighted by Crippen LogP contribution is -2.34. The number of nitrogens with one attached hydrogen (secondary N) is 1. The highest BCUT2D eigenvalue weighted by atomic mass is 19.1. The number of carbonyl (C=O) groups is 1. The Kier molecular flexibility index (Phi) is 3.26. The predicted octanol–water partition coefficient (Wildman–Crippen LogP) is 1.46. The van der Waals surface area contributed by atoms with Gasteiger partial charge in [-0.1, -0.05) is 6.07 Å². The molecule has 1 atom stereocenters. The maximum atomic E-state index is 13.6. The van der Waals surface area contributed by atoms with Crippen molar-refractivity contribution in [2.75, 3.05) is 25.5 Å². The highest BCUT2D eigenvalue weighted by Crippen LogP contribution is 2.26. The smallest absolute Gasteiger partial charge is 0.256 e. The molecule has 1 unspecified atom stereocenters. The molecular formula is C13H17FN2O2. The lowest BCUT2D eigenvalue weighted by molar-refractivity contribution is 0.0572. The van der Waals surface area contributed by atoms with Gasteiger partial charge in [-0.3, -0.25) is 4.79 Å². The monoisotopic (exact) mass is 252 g/mol. The van der Waals surface area contributed by atoms with E-state index in [2.05, 4.69) is 5.32 Å². The third-order valence-electron chi connectivity index (χ3n) is 3.23. The number of likely N-dealkylation sites (tertiary alicyclic amines) is 1. The predicted molar refractivity (Wildman–Crippen MR) is 67.1 cm³/mol. The lowest BCUT2D eigenvalue weighted by Gasteiger charge is -2.20. The molecule has 0 radical (unpaired) electrons. The van der Waals surface area contributed by atoms with Gasteiger partial charge in [-0.15, -0.1) is 0 Å². The molecule has 2 rings (SSSR count). The molecule has 1 saturated heterocycles. The van der Waals surface area contributed by atoms with E-state index < -0.39 is 11.4 Å². The zero-order chi connectivity index (χ0) is 13.3. The Morgan fingerprint density at radius 3 is 2.83 bits per heavy atom. The Labute approximate surface area is 105 Å². The quantitative estimate of drug-likeness (QED) is 0.838. The third-order valence-corrected chi connectivity index (χ3v) is 3.23. The van der Waals surface area contributed by atoms with E-state index in [1.807, 2.05) is 0 Å². The second-order valence-electron chi connectivity index (χ2n) is 4.89. The number of para-hydroxylation sites is 1. The summed E-state index contributed by atoms with van der Waals surface area (Å²) >= 11 is 0. The Bertz CT molecular complexity index is 474. The van der Waals surface area contributed by atoms with Crippen molar-refractivity contribution in [1.29, 1.82) is 0 Å². The summed E-state index contributed by atoms with van der Waals surface area (Å²) in [7, 11) is 1.58. The van der Waals surface area contributed by atoms with Crippen LogP contribution >= 0.6 is 0 Å². The van der Waals surface area contributed by atoms with Gasteiger partial charge in [-0.2, -0.15) is 0 Å². The summed E-state index contributed by atoms with van der Waals surface area (Å²) in [6.45, 7) is 2.47. The van der Waals surface area contributed by atoms with Gasteiger partial charge in [0.2, 0.25) is 0 Å². The molecule has 1 aliphatic rings. The molecule has 2 N–H and O–H groups in total. The lowest BCUT2D eigenvalue weighted by atomic mass is 10.1. The van der Waals surface area contributed by atoms with Crippen LogP contribution in [0.5, 0.6) is 0 Å². The molecule has 1 aromatic carbocycles. The van der Waals surface area contributed by atoms with Crippen LogP contribution in [-0.2, 0) is 0 Å². The van der Waals surface area contributed by atoms with E-state index in [0.29, 0.717) is 18.5 Å². The number of anilines is 1. The molecular weight excluding hydrogens is 235 g/mol. The van der Waals surface area contributed by atoms with Crippen LogP contribution < -0.4 is 5.32 Å². The molecule has 18 heavy (non-hydrogen) atoms. The summed E-state index contributed by atoms with van der Waals surface area (Å²) in [4.78, 5) is 13.8. The average molecular weight is 252 g/mol. The van der Waals surface area contributed by atoms with Gasteiger partial charge in [-0.05, 0) is 25.5 Å². The SMILES string of the molecule is CNc1c(F)cccc1C(=O)N1CCC(C)(O)C1. The Balaban J connectivity index is 2.27. The molecule has 0 bridgehead atoms. The van der Waals surface area contributed by atoms with Crippen LogP contribution in [0.1, 0.15) is 23.7 Å². The van der Waals surface area contributed by atoms with Crippen LogP contribution in [0.15, 0.2) is 18.2 Å². The van der Waals surface area contributed by atoms with E-state index in [9.17, 15) is 14.3 Å². The molecule has 4 nitrogen and oxygen atoms in total. The zero-order valence-corrected chi connectivity index (χ0v) is 10.5. The second kappa shape index (κ2) is 4.57. The van der Waals surface area contributed by atoms with Gasteiger partial charge in [0.05, 0.1) is 16.9 Å². The zero-order valence-electron chi connectivity index (χ0n) is 10.5. The van der Waals surface area contributed by atoms with Crippen LogP contribution in [0.4, 0.5) is 10.1 Å². The summed E-state index contributed by atoms with van der Waals surface area (Å²) in [6, 6.07) is 4.41. The van der Waals surface area contributed by atoms with Crippen LogP contribution in [0.25, 0.3) is 0 Å². The van der Waals surface area contributed by atoms with Crippen LogP contribution in [-0.4, -0.2) is 41.7 Å². The molecule has 0 spiro atoms. The molecule has 5 heteroatoms. The first-order valence-electron chi connectivity index (χ1n) is 5.92. The second-order valence-corrected chi connectivity index (χ2v) is 4.89. The molecule has 1 aliphatic heterocycles. The summed E-state index contributed by atoms with van der Waals surface area (Å²) in [5.74, 6) is -0.703. The molecule has 1 amide bonds. The number of nitrogens with zero attached hydrogens (tertiary/aromatic N) is 1. The van der Waals surface area contributed by atoms with E-state index >= 15 is 0 Å². The van der Waals surface area contributed by atoms with E-state index in [1.54, 1.807) is 24.9 Å². The largest absolute Gasteiger partial charge is 0.388 e. The van der Waals surface area contributed by atoms with E-state index in [0.717, 1.165) is 0 Å². The van der Waals surface area contributed by atoms with Crippen molar-refractivity contribution < 1.29 is 14.3 Å². The van der Waals surface area contributed by atoms with Gasteiger partial charge < -0.3 is 15.3 Å². The minimum atomic E-state index is -0.844. The van der Waals surface area contributed by atoms with E-state index in [1.165, 1.54) is 12.1 Å². The minimum absolute atomic E-state index is 0.203. The van der Waals surface area contributed by atoms with Crippen molar-refractivity contribution in [2.24, 2.45) is 0 Å². The third kappa shape index (κ3) is 2.31. The van der Waals surface area contributed by atoms with Gasteiger partial charge in [0, 0.05) is 20.1 Å². The Morgan fingerprint density at radius 2 is 2.28 bits per heavy atom. The maximum Gasteiger partial charge on any atom is 0.256 e. The van der Waals surface area contributed by atoms with Gasteiger partial charge in [0.1, 0.15) is 5.82 Å². The average Bonchev–Trinajstić information content (AvgIpc) is 2.68. The molecule has 0 saturated carbocycles. The standard InChI is InChI=1S/C13H17FN2O2/c1-13(18)6-7-16(8-13)12(17)9-4-3-5-10(14)11(9)15-2/h3-5,15,18H,6-8H2,1-2H3. The van der Waals surface area contributed by atoms with Gasteiger partial charge >= 0.3 is 0 Å². The van der Waals surface area contributed by atoms with E-state index in [4.69, 9.17) is 0 Å². The Hall–Kier alpha value is -1.62. The highest BCUT2D eigenvalue weighted by Gasteiger charge is 2.35. The summed E-state index contributed by atoms with van der Waals surface area (Å²) < 4.78 is 13.6. The minimum Gasteiger partial charge on any atom is -0.388 e. The molecule has 1 aromatic rings. The first-order chi connectivity index (χ1) is 8.44. The summed E-state index contributed by atoms with van der Waals surface area (Å²) in [5.41, 5.74) is -0.341. The summed E-state index contributed by atoms with van der Waals surface area (Å²) in [6.07, 6.45) is 0.545. The molecule has 0 aromatic heterocycles. The van der Waals surface area contributed by atoms with Crippen molar-refractivity contribution in [3.8, 4) is 0 Å². The fourth-order valence-corrected chi connectivity index (χ4v) is 2.25. The first kappa shape index (κ1) is 12.8. The van der Waals surface area contributed by atoms with Gasteiger partial charge in [-0.25, -0.2) is 4.39 Å². The fraction of sp³-hybridized carbons (Fsp3) is 0.462. The van der Waals surface area contributed by atoms with Gasteiger partial charge in [0.25, 0.3) is 5.91 Å². The maximum absolute atomic E-state index is 13.6. The molecule has 0 aliphatic carbocycles. The van der Waals surface area contributed by atoms with Crippen molar-refractivity contribution in [2.45, 2.75) is 18.9 Å². The van der Waals surface area contributed by atoms with Crippen LogP contribution in [0, 0.1) is 5.82 Å². The number of halogens is 1. The number of hydrogen-bond donors (Lipinski definition) is 2. The van der Waals surface area contributed by atoms with Crippen molar-refractivity contribution in [3.63, 3.8) is 0 Å². The number of amides is 1. The molecule has 1 fully saturated rings. The van der Waals surface area contributed by atoms with Gasteiger partial charge in [0.15, 0.2) is 0 Å². The van der Waals surface area contributed by atoms with Crippen molar-refractivity contribution >= 4 is 11.6 Å². The fourth-order valence-electron chi connectivity index (χ4n) is 2.25. The topological polar surface area (TPSA) is 52.6 Å². The highest BCUT2D eigenvalue weighted by molar-refractivity contribution is 5.99. The molecule has 1 heterocycles. The summed E-state index contributed by atoms with van der Waals surface area (Å²) in [5, 5.41) is 12.6. The first-order valence-corrected chi connectivity index (χ1v) is 5.92. The number of hydrogen-bond acceptors (Lipinski definition) is 3. The Morgan fingerprint density at radius 1 is 1.56 bits per heavy atom. The van der Waals surface area contributed by atoms with Crippen molar-refractivity contribution in [3.05, 3.63) is 29.6 Å². The molecule has 98 valence electrons. The number of aliphatic hydroxyl groups is 1. The number of rotatable bonds is 2. The number of carbonyl (C=O) groups excluding carboxylic acids is 1. The van der Waals surface area contributed by atoms with Crippen LogP contribution in [0.2, 0.25) is 0 Å². The van der Waals surface area contributed by atoms with Crippen LogP contribution in [0.3, 0.4) is 0 Å². The number of β-amino-alcohol motifs (C(OH)–C–C–N with tert-alkyl or cyclic N) is 1.